The lowest BCUT2D eigenvalue weighted by Crippen LogP contribution is -2.51. The maximum atomic E-state index is 12.1. The van der Waals surface area contributed by atoms with Crippen LogP contribution in [-0.2, 0) is 16.0 Å². The van der Waals surface area contributed by atoms with Crippen LogP contribution in [0.2, 0.25) is 0 Å². The van der Waals surface area contributed by atoms with Gasteiger partial charge < -0.3 is 5.32 Å². The molecule has 0 unspecified atom stereocenters. The summed E-state index contributed by atoms with van der Waals surface area (Å²) < 4.78 is 0. The van der Waals surface area contributed by atoms with Crippen LogP contribution < -0.4 is 10.7 Å². The van der Waals surface area contributed by atoms with E-state index in [9.17, 15) is 9.59 Å². The number of nitrogens with zero attached hydrogens (tertiary/aromatic N) is 1. The second kappa shape index (κ2) is 6.76. The zero-order chi connectivity index (χ0) is 13.5. The van der Waals surface area contributed by atoms with E-state index in [2.05, 4.69) is 10.7 Å². The van der Waals surface area contributed by atoms with Gasteiger partial charge in [-0.2, -0.15) is 0 Å². The zero-order valence-electron chi connectivity index (χ0n) is 10.9. The van der Waals surface area contributed by atoms with Crippen molar-refractivity contribution in [2.24, 2.45) is 0 Å². The van der Waals surface area contributed by atoms with Crippen LogP contribution in [0.15, 0.2) is 30.3 Å². The molecule has 18 heavy (non-hydrogen) atoms. The number of carbonyl (C=O) groups is 2. The Morgan fingerprint density at radius 2 is 1.89 bits per heavy atom. The summed E-state index contributed by atoms with van der Waals surface area (Å²) in [6.45, 7) is 1.37. The topological polar surface area (TPSA) is 61.4 Å². The normalized spacial score (nSPS) is 11.7. The molecule has 0 spiro atoms. The summed E-state index contributed by atoms with van der Waals surface area (Å²) in [5.41, 5.74) is 3.52. The number of hydrogen-bond acceptors (Lipinski definition) is 3. The zero-order valence-corrected chi connectivity index (χ0v) is 10.9. The highest BCUT2D eigenvalue weighted by molar-refractivity contribution is 5.84. The number of likely N-dealkylation sites (N-methyl/N-ethyl adjacent to an activating group) is 2. The molecular formula is C13H19N3O2. The number of hydrazine groups is 1. The Hall–Kier alpha value is -1.88. The Morgan fingerprint density at radius 1 is 1.28 bits per heavy atom. The first kappa shape index (κ1) is 14.2. The molecule has 0 aliphatic heterocycles. The number of rotatable bonds is 4. The van der Waals surface area contributed by atoms with Crippen molar-refractivity contribution in [3.8, 4) is 0 Å². The van der Waals surface area contributed by atoms with Gasteiger partial charge in [-0.3, -0.25) is 20.0 Å². The van der Waals surface area contributed by atoms with Gasteiger partial charge in [-0.1, -0.05) is 30.3 Å². The van der Waals surface area contributed by atoms with E-state index in [0.717, 1.165) is 5.56 Å². The average molecular weight is 249 g/mol. The monoisotopic (exact) mass is 249 g/mol. The summed E-state index contributed by atoms with van der Waals surface area (Å²) in [6.07, 6.45) is 0.583. The van der Waals surface area contributed by atoms with E-state index in [1.165, 1.54) is 11.9 Å². The first-order valence-electron chi connectivity index (χ1n) is 5.80. The van der Waals surface area contributed by atoms with Crippen molar-refractivity contribution in [1.82, 2.24) is 15.8 Å². The minimum Gasteiger partial charge on any atom is -0.309 e. The Balaban J connectivity index is 2.66. The fraction of sp³-hybridized carbons (Fsp3) is 0.385. The van der Waals surface area contributed by atoms with Crippen LogP contribution in [0, 0.1) is 0 Å². The van der Waals surface area contributed by atoms with Gasteiger partial charge in [-0.25, -0.2) is 0 Å². The van der Waals surface area contributed by atoms with Crippen LogP contribution in [0.3, 0.4) is 0 Å². The molecule has 0 heterocycles. The highest BCUT2D eigenvalue weighted by Crippen LogP contribution is 2.04. The standard InChI is InChI=1S/C13H19N3O2/c1-10(17)15-16(3)13(18)12(14-2)9-11-7-5-4-6-8-11/h4-8,12,14H,9H2,1-3H3,(H,15,17)/t12-/m1/s1. The summed E-state index contributed by atoms with van der Waals surface area (Å²) in [6, 6.07) is 9.38. The first-order valence-corrected chi connectivity index (χ1v) is 5.80. The van der Waals surface area contributed by atoms with Crippen LogP contribution in [0.4, 0.5) is 0 Å². The SMILES string of the molecule is CN[C@H](Cc1ccccc1)C(=O)N(C)NC(C)=O. The summed E-state index contributed by atoms with van der Waals surface area (Å²) in [5.74, 6) is -0.433. The number of hydrogen-bond donors (Lipinski definition) is 2. The summed E-state index contributed by atoms with van der Waals surface area (Å²) in [5, 5.41) is 4.18. The fourth-order valence-electron chi connectivity index (χ4n) is 1.69. The molecule has 1 rings (SSSR count). The van der Waals surface area contributed by atoms with Gasteiger partial charge in [0.1, 0.15) is 0 Å². The van der Waals surface area contributed by atoms with E-state index in [1.54, 1.807) is 14.1 Å². The van der Waals surface area contributed by atoms with Gasteiger partial charge in [0.25, 0.3) is 5.91 Å². The summed E-state index contributed by atoms with van der Waals surface area (Å²) >= 11 is 0. The second-order valence-electron chi connectivity index (χ2n) is 4.10. The maximum absolute atomic E-state index is 12.1. The van der Waals surface area contributed by atoms with Crippen molar-refractivity contribution >= 4 is 11.8 Å². The van der Waals surface area contributed by atoms with E-state index < -0.39 is 0 Å². The van der Waals surface area contributed by atoms with E-state index in [4.69, 9.17) is 0 Å². The van der Waals surface area contributed by atoms with Crippen molar-refractivity contribution in [2.75, 3.05) is 14.1 Å². The fourth-order valence-corrected chi connectivity index (χ4v) is 1.69. The van der Waals surface area contributed by atoms with Gasteiger partial charge >= 0.3 is 0 Å². The molecule has 0 fully saturated rings. The molecule has 5 heteroatoms. The molecule has 1 atom stereocenters. The third-order valence-corrected chi connectivity index (χ3v) is 2.58. The molecule has 0 aliphatic carbocycles. The maximum Gasteiger partial charge on any atom is 0.258 e. The molecule has 2 N–H and O–H groups in total. The van der Waals surface area contributed by atoms with Crippen LogP contribution >= 0.6 is 0 Å². The van der Waals surface area contributed by atoms with E-state index in [1.807, 2.05) is 30.3 Å². The van der Waals surface area contributed by atoms with Gasteiger partial charge in [-0.15, -0.1) is 0 Å². The van der Waals surface area contributed by atoms with Gasteiger partial charge in [0.05, 0.1) is 6.04 Å². The molecule has 5 nitrogen and oxygen atoms in total. The van der Waals surface area contributed by atoms with Gasteiger partial charge in [0, 0.05) is 14.0 Å². The van der Waals surface area contributed by atoms with Gasteiger partial charge in [0.2, 0.25) is 5.91 Å². The summed E-state index contributed by atoms with van der Waals surface area (Å²) in [4.78, 5) is 23.0. The van der Waals surface area contributed by atoms with Crippen molar-refractivity contribution in [2.45, 2.75) is 19.4 Å². The highest BCUT2D eigenvalue weighted by atomic mass is 16.2. The lowest BCUT2D eigenvalue weighted by Gasteiger charge is -2.23. The predicted molar refractivity (Wildman–Crippen MR) is 69.6 cm³/mol. The van der Waals surface area contributed by atoms with Crippen molar-refractivity contribution < 1.29 is 9.59 Å². The molecule has 1 aromatic carbocycles. The van der Waals surface area contributed by atoms with Gasteiger partial charge in [0.15, 0.2) is 0 Å². The van der Waals surface area contributed by atoms with Gasteiger partial charge in [-0.05, 0) is 19.0 Å². The number of carbonyl (C=O) groups excluding carboxylic acids is 2. The quantitative estimate of drug-likeness (QED) is 0.756. The number of nitrogens with one attached hydrogen (secondary N) is 2. The molecule has 0 saturated carbocycles. The van der Waals surface area contributed by atoms with E-state index in [-0.39, 0.29) is 17.9 Å². The highest BCUT2D eigenvalue weighted by Gasteiger charge is 2.21. The van der Waals surface area contributed by atoms with Crippen molar-refractivity contribution in [3.63, 3.8) is 0 Å². The number of amides is 2. The third kappa shape index (κ3) is 4.18. The second-order valence-corrected chi connectivity index (χ2v) is 4.10. The first-order chi connectivity index (χ1) is 8.54. The number of benzene rings is 1. The Bertz CT molecular complexity index is 406. The predicted octanol–water partition coefficient (Wildman–Crippen LogP) is 0.327. The molecule has 0 saturated heterocycles. The van der Waals surface area contributed by atoms with Crippen LogP contribution in [-0.4, -0.2) is 37.0 Å². The smallest absolute Gasteiger partial charge is 0.258 e. The van der Waals surface area contributed by atoms with Crippen LogP contribution in [0.25, 0.3) is 0 Å². The van der Waals surface area contributed by atoms with Crippen LogP contribution in [0.5, 0.6) is 0 Å². The summed E-state index contributed by atoms with van der Waals surface area (Å²) in [7, 11) is 3.27. The average Bonchev–Trinajstić information content (AvgIpc) is 2.35. The molecule has 0 bridgehead atoms. The molecular weight excluding hydrogens is 230 g/mol. The van der Waals surface area contributed by atoms with E-state index in [0.29, 0.717) is 6.42 Å². The molecule has 0 aliphatic rings. The van der Waals surface area contributed by atoms with Crippen molar-refractivity contribution in [3.05, 3.63) is 35.9 Å². The Labute approximate surface area is 107 Å². The Kier molecular flexibility index (Phi) is 5.32. The Morgan fingerprint density at radius 3 is 2.39 bits per heavy atom. The molecule has 1 aromatic rings. The molecule has 0 aromatic heterocycles. The molecule has 2 amide bonds. The van der Waals surface area contributed by atoms with Crippen molar-refractivity contribution in [1.29, 1.82) is 0 Å². The molecule has 98 valence electrons. The lowest BCUT2D eigenvalue weighted by atomic mass is 10.1. The third-order valence-electron chi connectivity index (χ3n) is 2.58. The minimum atomic E-state index is -0.357. The lowest BCUT2D eigenvalue weighted by molar-refractivity contribution is -0.140. The van der Waals surface area contributed by atoms with Crippen LogP contribution in [0.1, 0.15) is 12.5 Å². The minimum absolute atomic E-state index is 0.170. The molecule has 0 radical (unpaired) electrons. The largest absolute Gasteiger partial charge is 0.309 e. The van der Waals surface area contributed by atoms with E-state index >= 15 is 0 Å².